The van der Waals surface area contributed by atoms with Crippen molar-refractivity contribution in [3.63, 3.8) is 0 Å². The largest absolute Gasteiger partial charge is 0.384 e. The Bertz CT molecular complexity index is 355. The molecule has 0 saturated carbocycles. The number of hydrogen-bond donors (Lipinski definition) is 0. The smallest absolute Gasteiger partial charge is 0.159 e. The summed E-state index contributed by atoms with van der Waals surface area (Å²) in [5.41, 5.74) is 0. The molecule has 1 aliphatic rings. The van der Waals surface area contributed by atoms with Gasteiger partial charge in [0.2, 0.25) is 0 Å². The van der Waals surface area contributed by atoms with Crippen LogP contribution >= 0.6 is 11.8 Å². The lowest BCUT2D eigenvalue weighted by Crippen LogP contribution is -2.54. The van der Waals surface area contributed by atoms with E-state index in [4.69, 9.17) is 9.47 Å². The van der Waals surface area contributed by atoms with Gasteiger partial charge < -0.3 is 19.3 Å². The van der Waals surface area contributed by atoms with Crippen molar-refractivity contribution in [1.82, 2.24) is 9.80 Å². The molecule has 142 valence electrons. The number of hydrogen-bond acceptors (Lipinski definition) is 5. The monoisotopic (exact) mass is 359 g/mol. The number of ether oxygens (including phenoxy) is 2. The number of rotatable bonds is 10. The molecule has 0 aromatic heterocycles. The maximum atomic E-state index is 5.39. The Balaban J connectivity index is 2.92. The van der Waals surface area contributed by atoms with E-state index in [0.717, 1.165) is 30.7 Å². The fraction of sp³-hybridized carbons (Fsp3) is 0.944. The van der Waals surface area contributed by atoms with Crippen LogP contribution in [0.5, 0.6) is 0 Å². The summed E-state index contributed by atoms with van der Waals surface area (Å²) >= 11 is 1.80. The van der Waals surface area contributed by atoms with Gasteiger partial charge in [0.25, 0.3) is 0 Å². The minimum Gasteiger partial charge on any atom is -0.384 e. The predicted octanol–water partition coefficient (Wildman–Crippen LogP) is 2.95. The molecule has 2 unspecified atom stereocenters. The van der Waals surface area contributed by atoms with Crippen LogP contribution in [0.25, 0.3) is 0 Å². The summed E-state index contributed by atoms with van der Waals surface area (Å²) in [6.45, 7) is 5.88. The molecule has 1 fully saturated rings. The van der Waals surface area contributed by atoms with E-state index in [9.17, 15) is 0 Å². The van der Waals surface area contributed by atoms with Crippen molar-refractivity contribution < 1.29 is 9.47 Å². The third-order valence-corrected chi connectivity index (χ3v) is 5.79. The molecule has 0 spiro atoms. The molecular weight excluding hydrogens is 322 g/mol. The highest BCUT2D eigenvalue weighted by molar-refractivity contribution is 8.13. The summed E-state index contributed by atoms with van der Waals surface area (Å²) in [7, 11) is 7.72. The van der Waals surface area contributed by atoms with Crippen LogP contribution < -0.4 is 0 Å². The number of aliphatic imine (C=N–C) groups is 1. The summed E-state index contributed by atoms with van der Waals surface area (Å²) in [6, 6.07) is 1.11. The third kappa shape index (κ3) is 6.90. The van der Waals surface area contributed by atoms with Gasteiger partial charge in [0.15, 0.2) is 5.17 Å². The molecule has 0 radical (unpaired) electrons. The van der Waals surface area contributed by atoms with Gasteiger partial charge in [-0.2, -0.15) is 0 Å². The van der Waals surface area contributed by atoms with Crippen LogP contribution in [-0.2, 0) is 9.47 Å². The molecule has 6 heteroatoms. The Hall–Kier alpha value is -0.300. The predicted molar refractivity (Wildman–Crippen MR) is 105 cm³/mol. The fourth-order valence-corrected chi connectivity index (χ4v) is 4.48. The third-order valence-electron chi connectivity index (χ3n) is 4.75. The zero-order valence-corrected chi connectivity index (χ0v) is 17.1. The molecule has 0 aromatic carbocycles. The van der Waals surface area contributed by atoms with Crippen molar-refractivity contribution in [2.75, 3.05) is 60.4 Å². The van der Waals surface area contributed by atoms with Gasteiger partial charge in [-0.05, 0) is 32.9 Å². The van der Waals surface area contributed by atoms with Crippen LogP contribution in [0, 0.1) is 0 Å². The number of amidine groups is 1. The van der Waals surface area contributed by atoms with Gasteiger partial charge in [0.05, 0.1) is 13.2 Å². The molecule has 0 aliphatic carbocycles. The van der Waals surface area contributed by atoms with Gasteiger partial charge in [-0.1, -0.05) is 31.5 Å². The fourth-order valence-electron chi connectivity index (χ4n) is 3.52. The minimum atomic E-state index is 0.504. The Morgan fingerprint density at radius 3 is 2.62 bits per heavy atom. The summed E-state index contributed by atoms with van der Waals surface area (Å²) in [4.78, 5) is 9.66. The average molecular weight is 360 g/mol. The van der Waals surface area contributed by atoms with E-state index in [1.165, 1.54) is 38.6 Å². The molecule has 1 saturated heterocycles. The highest BCUT2D eigenvalue weighted by Gasteiger charge is 2.32. The van der Waals surface area contributed by atoms with E-state index in [2.05, 4.69) is 28.8 Å². The molecule has 0 N–H and O–H groups in total. The average Bonchev–Trinajstić information content (AvgIpc) is 2.60. The van der Waals surface area contributed by atoms with Crippen molar-refractivity contribution >= 4 is 16.9 Å². The molecule has 0 aromatic rings. The van der Waals surface area contributed by atoms with Crippen LogP contribution in [0.3, 0.4) is 0 Å². The zero-order chi connectivity index (χ0) is 17.8. The number of likely N-dealkylation sites (tertiary alicyclic amines) is 1. The Morgan fingerprint density at radius 2 is 2.04 bits per heavy atom. The quantitative estimate of drug-likeness (QED) is 0.341. The first-order chi connectivity index (χ1) is 11.7. The summed E-state index contributed by atoms with van der Waals surface area (Å²) in [5.74, 6) is 0.937. The lowest BCUT2D eigenvalue weighted by Gasteiger charge is -2.44. The van der Waals surface area contributed by atoms with Crippen LogP contribution in [0.2, 0.25) is 0 Å². The maximum Gasteiger partial charge on any atom is 0.159 e. The van der Waals surface area contributed by atoms with Gasteiger partial charge in [0.1, 0.15) is 0 Å². The lowest BCUT2D eigenvalue weighted by atomic mass is 9.92. The number of piperidine rings is 1. The van der Waals surface area contributed by atoms with E-state index in [1.807, 2.05) is 7.05 Å². The zero-order valence-electron chi connectivity index (χ0n) is 16.3. The molecule has 1 rings (SSSR count). The highest BCUT2D eigenvalue weighted by Crippen LogP contribution is 2.26. The number of methoxy groups -OCH3 is 2. The number of nitrogens with zero attached hydrogens (tertiary/aromatic N) is 3. The van der Waals surface area contributed by atoms with Crippen molar-refractivity contribution in [2.24, 2.45) is 4.99 Å². The van der Waals surface area contributed by atoms with Crippen LogP contribution in [0.4, 0.5) is 0 Å². The molecule has 24 heavy (non-hydrogen) atoms. The van der Waals surface area contributed by atoms with Gasteiger partial charge >= 0.3 is 0 Å². The second kappa shape index (κ2) is 13.0. The topological polar surface area (TPSA) is 37.3 Å². The van der Waals surface area contributed by atoms with Gasteiger partial charge in [-0.25, -0.2) is 0 Å². The van der Waals surface area contributed by atoms with Crippen LogP contribution in [0.15, 0.2) is 4.99 Å². The molecule has 2 atom stereocenters. The van der Waals surface area contributed by atoms with Crippen molar-refractivity contribution in [3.8, 4) is 0 Å². The maximum absolute atomic E-state index is 5.39. The Kier molecular flexibility index (Phi) is 11.8. The SMILES string of the molecule is CCCC(C1CCCCN1C)N(CCOC)C(=NC)SCCOC. The van der Waals surface area contributed by atoms with Crippen molar-refractivity contribution in [1.29, 1.82) is 0 Å². The summed E-state index contributed by atoms with van der Waals surface area (Å²) in [5, 5.41) is 1.13. The van der Waals surface area contributed by atoms with Gasteiger partial charge in [0, 0.05) is 45.6 Å². The Labute approximate surface area is 153 Å². The molecule has 1 heterocycles. The van der Waals surface area contributed by atoms with Crippen molar-refractivity contribution in [2.45, 2.75) is 51.1 Å². The standard InChI is InChI=1S/C18H37N3O2S/c1-6-9-17(16-10-7-8-11-20(16)3)21(12-13-22-4)18(19-2)24-15-14-23-5/h16-17H,6-15H2,1-5H3. The van der Waals surface area contributed by atoms with E-state index in [-0.39, 0.29) is 0 Å². The molecule has 1 aliphatic heterocycles. The van der Waals surface area contributed by atoms with E-state index >= 15 is 0 Å². The number of thioether (sulfide) groups is 1. The van der Waals surface area contributed by atoms with E-state index in [1.54, 1.807) is 26.0 Å². The molecule has 0 bridgehead atoms. The van der Waals surface area contributed by atoms with E-state index in [0.29, 0.717) is 12.1 Å². The van der Waals surface area contributed by atoms with Crippen LogP contribution in [0.1, 0.15) is 39.0 Å². The van der Waals surface area contributed by atoms with Gasteiger partial charge in [-0.15, -0.1) is 0 Å². The first-order valence-electron chi connectivity index (χ1n) is 9.23. The molecule has 0 amide bonds. The summed E-state index contributed by atoms with van der Waals surface area (Å²) < 4.78 is 10.6. The van der Waals surface area contributed by atoms with Gasteiger partial charge in [-0.3, -0.25) is 4.99 Å². The highest BCUT2D eigenvalue weighted by atomic mass is 32.2. The lowest BCUT2D eigenvalue weighted by molar-refractivity contribution is 0.0841. The second-order valence-corrected chi connectivity index (χ2v) is 7.50. The van der Waals surface area contributed by atoms with E-state index < -0.39 is 0 Å². The van der Waals surface area contributed by atoms with Crippen molar-refractivity contribution in [3.05, 3.63) is 0 Å². The Morgan fingerprint density at radius 1 is 1.29 bits per heavy atom. The molecular formula is C18H37N3O2S. The first-order valence-corrected chi connectivity index (χ1v) is 10.2. The summed E-state index contributed by atoms with van der Waals surface area (Å²) in [6.07, 6.45) is 6.33. The van der Waals surface area contributed by atoms with Crippen LogP contribution in [-0.4, -0.2) is 87.4 Å². The minimum absolute atomic E-state index is 0.504. The number of likely N-dealkylation sites (N-methyl/N-ethyl adjacent to an activating group) is 1. The molecule has 5 nitrogen and oxygen atoms in total. The normalized spacial score (nSPS) is 21.0. The first kappa shape index (κ1) is 21.7. The second-order valence-electron chi connectivity index (χ2n) is 6.43.